The smallest absolute Gasteiger partial charge is 0.277 e. The molecule has 0 aliphatic rings. The second kappa shape index (κ2) is 6.94. The molecule has 2 aromatic heterocycles. The average Bonchev–Trinajstić information content (AvgIpc) is 2.97. The van der Waals surface area contributed by atoms with Crippen LogP contribution in [-0.2, 0) is 0 Å². The first-order valence-corrected chi connectivity index (χ1v) is 8.11. The van der Waals surface area contributed by atoms with Gasteiger partial charge in [-0.2, -0.15) is 5.10 Å². The minimum atomic E-state index is -0.322. The van der Waals surface area contributed by atoms with Gasteiger partial charge < -0.3 is 10.2 Å². The van der Waals surface area contributed by atoms with Gasteiger partial charge in [-0.3, -0.25) is 4.79 Å². The van der Waals surface area contributed by atoms with E-state index in [0.717, 1.165) is 17.2 Å². The highest BCUT2D eigenvalue weighted by Gasteiger charge is 2.15. The molecule has 0 spiro atoms. The summed E-state index contributed by atoms with van der Waals surface area (Å²) >= 11 is 6.22. The molecule has 0 radical (unpaired) electrons. The van der Waals surface area contributed by atoms with Gasteiger partial charge in [0.2, 0.25) is 0 Å². The number of para-hydroxylation sites is 1. The number of rotatable bonds is 4. The Bertz CT molecular complexity index is 919. The molecule has 3 aromatic rings. The molecule has 1 aromatic carbocycles. The van der Waals surface area contributed by atoms with Crippen molar-refractivity contribution in [3.8, 4) is 5.69 Å². The van der Waals surface area contributed by atoms with Crippen molar-refractivity contribution < 1.29 is 4.79 Å². The zero-order chi connectivity index (χ0) is 18.0. The molecule has 0 aliphatic heterocycles. The van der Waals surface area contributed by atoms with E-state index in [2.05, 4.69) is 15.4 Å². The number of hydrogen-bond acceptors (Lipinski definition) is 4. The lowest BCUT2D eigenvalue weighted by atomic mass is 10.3. The van der Waals surface area contributed by atoms with Crippen LogP contribution in [0, 0.1) is 6.92 Å². The molecule has 1 amide bonds. The van der Waals surface area contributed by atoms with Crippen molar-refractivity contribution in [1.29, 1.82) is 0 Å². The van der Waals surface area contributed by atoms with Crippen molar-refractivity contribution in [2.24, 2.45) is 0 Å². The average molecular weight is 356 g/mol. The van der Waals surface area contributed by atoms with E-state index in [1.807, 2.05) is 56.3 Å². The molecule has 0 fully saturated rings. The van der Waals surface area contributed by atoms with Gasteiger partial charge in [0.15, 0.2) is 5.69 Å². The highest BCUT2D eigenvalue weighted by atomic mass is 35.5. The van der Waals surface area contributed by atoms with Gasteiger partial charge in [-0.05, 0) is 37.3 Å². The molecule has 3 rings (SSSR count). The number of aryl methyl sites for hydroxylation is 1. The van der Waals surface area contributed by atoms with Crippen LogP contribution >= 0.6 is 11.6 Å². The molecule has 7 heteroatoms. The van der Waals surface area contributed by atoms with Crippen LogP contribution < -0.4 is 10.2 Å². The van der Waals surface area contributed by atoms with Crippen LogP contribution in [0.15, 0.2) is 48.5 Å². The lowest BCUT2D eigenvalue weighted by Gasteiger charge is -2.12. The van der Waals surface area contributed by atoms with E-state index < -0.39 is 0 Å². The highest BCUT2D eigenvalue weighted by Crippen LogP contribution is 2.21. The van der Waals surface area contributed by atoms with Crippen molar-refractivity contribution >= 4 is 29.1 Å². The third-order valence-electron chi connectivity index (χ3n) is 3.63. The fraction of sp³-hybridized carbons (Fsp3) is 0.167. The van der Waals surface area contributed by atoms with Gasteiger partial charge in [0.05, 0.1) is 10.7 Å². The van der Waals surface area contributed by atoms with Crippen molar-refractivity contribution in [3.05, 3.63) is 64.9 Å². The van der Waals surface area contributed by atoms with Gasteiger partial charge in [0.25, 0.3) is 5.91 Å². The predicted molar refractivity (Wildman–Crippen MR) is 99.8 cm³/mol. The van der Waals surface area contributed by atoms with E-state index >= 15 is 0 Å². The maximum Gasteiger partial charge on any atom is 0.277 e. The number of benzene rings is 1. The predicted octanol–water partition coefficient (Wildman–Crippen LogP) is 3.55. The molecule has 2 heterocycles. The Hall–Kier alpha value is -2.86. The molecular formula is C18H18ClN5O. The van der Waals surface area contributed by atoms with Gasteiger partial charge in [-0.25, -0.2) is 9.67 Å². The zero-order valence-corrected chi connectivity index (χ0v) is 14.9. The van der Waals surface area contributed by atoms with E-state index in [4.69, 9.17) is 11.6 Å². The molecule has 6 nitrogen and oxygen atoms in total. The van der Waals surface area contributed by atoms with Gasteiger partial charge >= 0.3 is 0 Å². The maximum atomic E-state index is 12.5. The van der Waals surface area contributed by atoms with E-state index in [9.17, 15) is 4.79 Å². The topological polar surface area (TPSA) is 63.1 Å². The van der Waals surface area contributed by atoms with Gasteiger partial charge in [0.1, 0.15) is 11.6 Å². The molecule has 128 valence electrons. The summed E-state index contributed by atoms with van der Waals surface area (Å²) in [6.07, 6.45) is 0. The van der Waals surface area contributed by atoms with E-state index in [0.29, 0.717) is 16.5 Å². The lowest BCUT2D eigenvalue weighted by molar-refractivity contribution is 0.102. The summed E-state index contributed by atoms with van der Waals surface area (Å²) in [5, 5.41) is 7.72. The first-order valence-electron chi connectivity index (χ1n) is 7.73. The van der Waals surface area contributed by atoms with Crippen LogP contribution in [-0.4, -0.2) is 34.8 Å². The van der Waals surface area contributed by atoms with E-state index in [1.165, 1.54) is 0 Å². The third-order valence-corrected chi connectivity index (χ3v) is 3.95. The van der Waals surface area contributed by atoms with Crippen LogP contribution in [0.5, 0.6) is 0 Å². The van der Waals surface area contributed by atoms with Crippen LogP contribution in [0.2, 0.25) is 5.02 Å². The lowest BCUT2D eigenvalue weighted by Crippen LogP contribution is -2.16. The number of pyridine rings is 1. The van der Waals surface area contributed by atoms with Crippen molar-refractivity contribution in [2.75, 3.05) is 24.3 Å². The Morgan fingerprint density at radius 1 is 1.16 bits per heavy atom. The Labute approximate surface area is 151 Å². The molecule has 0 aliphatic carbocycles. The number of hydrogen-bond donors (Lipinski definition) is 1. The summed E-state index contributed by atoms with van der Waals surface area (Å²) in [6, 6.07) is 14.5. The number of nitrogens with zero attached hydrogens (tertiary/aromatic N) is 4. The van der Waals surface area contributed by atoms with Crippen LogP contribution in [0.1, 0.15) is 16.2 Å². The molecule has 1 N–H and O–H groups in total. The SMILES string of the molecule is Cc1cc(C(=O)Nc2cccc(N(C)C)n2)nn1-c1ccccc1Cl. The molecule has 0 unspecified atom stereocenters. The third kappa shape index (κ3) is 3.64. The summed E-state index contributed by atoms with van der Waals surface area (Å²) < 4.78 is 1.65. The quantitative estimate of drug-likeness (QED) is 0.777. The molecule has 0 saturated carbocycles. The van der Waals surface area contributed by atoms with Gasteiger partial charge in [-0.1, -0.05) is 29.8 Å². The Kier molecular flexibility index (Phi) is 4.72. The summed E-state index contributed by atoms with van der Waals surface area (Å²) in [5.41, 5.74) is 1.84. The minimum absolute atomic E-state index is 0.300. The molecule has 0 atom stereocenters. The summed E-state index contributed by atoms with van der Waals surface area (Å²) in [7, 11) is 3.78. The normalized spacial score (nSPS) is 10.6. The van der Waals surface area contributed by atoms with E-state index in [1.54, 1.807) is 22.9 Å². The molecular weight excluding hydrogens is 338 g/mol. The van der Waals surface area contributed by atoms with Gasteiger partial charge in [0, 0.05) is 19.8 Å². The van der Waals surface area contributed by atoms with Crippen molar-refractivity contribution in [1.82, 2.24) is 14.8 Å². The number of anilines is 2. The number of halogens is 1. The Morgan fingerprint density at radius 2 is 1.92 bits per heavy atom. The summed E-state index contributed by atoms with van der Waals surface area (Å²) in [4.78, 5) is 18.7. The fourth-order valence-electron chi connectivity index (χ4n) is 2.38. The number of carbonyl (C=O) groups is 1. The maximum absolute atomic E-state index is 12.5. The Balaban J connectivity index is 1.86. The molecule has 0 bridgehead atoms. The summed E-state index contributed by atoms with van der Waals surface area (Å²) in [5.74, 6) is 0.911. The number of aromatic nitrogens is 3. The van der Waals surface area contributed by atoms with Crippen LogP contribution in [0.25, 0.3) is 5.69 Å². The van der Waals surface area contributed by atoms with Crippen LogP contribution in [0.4, 0.5) is 11.6 Å². The first-order chi connectivity index (χ1) is 12.0. The van der Waals surface area contributed by atoms with Crippen LogP contribution in [0.3, 0.4) is 0 Å². The highest BCUT2D eigenvalue weighted by molar-refractivity contribution is 6.32. The number of amides is 1. The Morgan fingerprint density at radius 3 is 2.64 bits per heavy atom. The second-order valence-electron chi connectivity index (χ2n) is 5.76. The largest absolute Gasteiger partial charge is 0.363 e. The monoisotopic (exact) mass is 355 g/mol. The molecule has 0 saturated heterocycles. The second-order valence-corrected chi connectivity index (χ2v) is 6.17. The van der Waals surface area contributed by atoms with Crippen molar-refractivity contribution in [3.63, 3.8) is 0 Å². The summed E-state index contributed by atoms with van der Waals surface area (Å²) in [6.45, 7) is 1.87. The zero-order valence-electron chi connectivity index (χ0n) is 14.2. The van der Waals surface area contributed by atoms with Gasteiger partial charge in [-0.15, -0.1) is 0 Å². The first kappa shape index (κ1) is 17.0. The van der Waals surface area contributed by atoms with E-state index in [-0.39, 0.29) is 5.91 Å². The molecule has 25 heavy (non-hydrogen) atoms. The van der Waals surface area contributed by atoms with Crippen molar-refractivity contribution in [2.45, 2.75) is 6.92 Å². The number of nitrogens with one attached hydrogen (secondary N) is 1. The standard InChI is InChI=1S/C18H18ClN5O/c1-12-11-14(22-24(12)15-8-5-4-7-13(15)19)18(25)21-16-9-6-10-17(20-16)23(2)3/h4-11H,1-3H3,(H,20,21,25). The minimum Gasteiger partial charge on any atom is -0.363 e. The number of carbonyl (C=O) groups excluding carboxylic acids is 1. The fourth-order valence-corrected chi connectivity index (χ4v) is 2.59.